The summed E-state index contributed by atoms with van der Waals surface area (Å²) in [5, 5.41) is 0. The summed E-state index contributed by atoms with van der Waals surface area (Å²) in [5.74, 6) is 1.12. The first-order valence-corrected chi connectivity index (χ1v) is 9.64. The second-order valence-electron chi connectivity index (χ2n) is 7.38. The van der Waals surface area contributed by atoms with Crippen LogP contribution in [-0.2, 0) is 4.79 Å². The number of carbonyl (C=O) groups is 1. The van der Waals surface area contributed by atoms with E-state index in [2.05, 4.69) is 31.6 Å². The van der Waals surface area contributed by atoms with Gasteiger partial charge in [0, 0.05) is 51.2 Å². The van der Waals surface area contributed by atoms with Gasteiger partial charge in [-0.1, -0.05) is 12.8 Å². The average Bonchev–Trinajstić information content (AvgIpc) is 2.92. The SMILES string of the molecule is Cc1cnc(N2CCN(C(C)C(=O)N3CCCCCC3)CC2)nc1C. The summed E-state index contributed by atoms with van der Waals surface area (Å²) in [5.41, 5.74) is 2.16. The van der Waals surface area contributed by atoms with Crippen molar-refractivity contribution < 1.29 is 4.79 Å². The van der Waals surface area contributed by atoms with Gasteiger partial charge in [0.25, 0.3) is 0 Å². The number of aryl methyl sites for hydroxylation is 2. The molecule has 3 rings (SSSR count). The molecule has 2 fully saturated rings. The Morgan fingerprint density at radius 2 is 1.64 bits per heavy atom. The first kappa shape index (κ1) is 18.1. The minimum atomic E-state index is -0.0269. The standard InChI is InChI=1S/C19H31N5O/c1-15-14-20-19(21-16(15)2)24-12-10-22(11-13-24)17(3)18(25)23-8-6-4-5-7-9-23/h14,17H,4-13H2,1-3H3. The fourth-order valence-corrected chi connectivity index (χ4v) is 3.69. The molecule has 1 atom stereocenters. The molecule has 0 radical (unpaired) electrons. The van der Waals surface area contributed by atoms with E-state index in [-0.39, 0.29) is 6.04 Å². The summed E-state index contributed by atoms with van der Waals surface area (Å²) in [6, 6.07) is -0.0269. The summed E-state index contributed by atoms with van der Waals surface area (Å²) >= 11 is 0. The summed E-state index contributed by atoms with van der Waals surface area (Å²) in [6.45, 7) is 11.5. The predicted octanol–water partition coefficient (Wildman–Crippen LogP) is 2.01. The molecule has 6 nitrogen and oxygen atoms in total. The topological polar surface area (TPSA) is 52.6 Å². The van der Waals surface area contributed by atoms with E-state index in [9.17, 15) is 4.79 Å². The van der Waals surface area contributed by atoms with E-state index in [1.54, 1.807) is 0 Å². The molecule has 0 N–H and O–H groups in total. The van der Waals surface area contributed by atoms with Gasteiger partial charge in [-0.2, -0.15) is 0 Å². The van der Waals surface area contributed by atoms with Crippen molar-refractivity contribution in [3.05, 3.63) is 17.5 Å². The zero-order chi connectivity index (χ0) is 17.8. The fourth-order valence-electron chi connectivity index (χ4n) is 3.69. The summed E-state index contributed by atoms with van der Waals surface area (Å²) < 4.78 is 0. The molecule has 0 aliphatic carbocycles. The van der Waals surface area contributed by atoms with E-state index < -0.39 is 0 Å². The number of piperazine rings is 1. The number of anilines is 1. The number of rotatable bonds is 3. The maximum atomic E-state index is 12.8. The highest BCUT2D eigenvalue weighted by Crippen LogP contribution is 2.17. The van der Waals surface area contributed by atoms with Crippen LogP contribution in [0.1, 0.15) is 43.9 Å². The van der Waals surface area contributed by atoms with Crippen LogP contribution in [0.4, 0.5) is 5.95 Å². The van der Waals surface area contributed by atoms with Crippen LogP contribution in [0.3, 0.4) is 0 Å². The van der Waals surface area contributed by atoms with E-state index >= 15 is 0 Å². The van der Waals surface area contributed by atoms with Crippen molar-refractivity contribution >= 4 is 11.9 Å². The monoisotopic (exact) mass is 345 g/mol. The largest absolute Gasteiger partial charge is 0.341 e. The Morgan fingerprint density at radius 1 is 1.00 bits per heavy atom. The van der Waals surface area contributed by atoms with Crippen LogP contribution >= 0.6 is 0 Å². The Labute approximate surface area is 151 Å². The number of carbonyl (C=O) groups excluding carboxylic acids is 1. The number of amides is 1. The lowest BCUT2D eigenvalue weighted by Crippen LogP contribution is -2.55. The third-order valence-corrected chi connectivity index (χ3v) is 5.63. The molecule has 3 heterocycles. The predicted molar refractivity (Wildman–Crippen MR) is 99.8 cm³/mol. The third kappa shape index (κ3) is 4.29. The van der Waals surface area contributed by atoms with Gasteiger partial charge < -0.3 is 9.80 Å². The Morgan fingerprint density at radius 3 is 2.24 bits per heavy atom. The molecule has 0 aromatic carbocycles. The maximum absolute atomic E-state index is 12.8. The molecule has 1 unspecified atom stereocenters. The molecule has 138 valence electrons. The fraction of sp³-hybridized carbons (Fsp3) is 0.737. The van der Waals surface area contributed by atoms with E-state index in [1.807, 2.05) is 20.0 Å². The van der Waals surface area contributed by atoms with Crippen LogP contribution in [0.25, 0.3) is 0 Å². The average molecular weight is 345 g/mol. The normalized spacial score (nSPS) is 21.1. The Kier molecular flexibility index (Phi) is 5.89. The summed E-state index contributed by atoms with van der Waals surface area (Å²) in [7, 11) is 0. The highest BCUT2D eigenvalue weighted by molar-refractivity contribution is 5.81. The van der Waals surface area contributed by atoms with Crippen LogP contribution in [0.2, 0.25) is 0 Å². The minimum absolute atomic E-state index is 0.0269. The minimum Gasteiger partial charge on any atom is -0.341 e. The summed E-state index contributed by atoms with van der Waals surface area (Å²) in [4.78, 5) is 28.5. The molecule has 25 heavy (non-hydrogen) atoms. The number of hydrogen-bond donors (Lipinski definition) is 0. The quantitative estimate of drug-likeness (QED) is 0.839. The molecular formula is C19H31N5O. The van der Waals surface area contributed by atoms with Crippen LogP contribution in [0.5, 0.6) is 0 Å². The van der Waals surface area contributed by atoms with Gasteiger partial charge in [0.05, 0.1) is 6.04 Å². The molecule has 0 saturated carbocycles. The van der Waals surface area contributed by atoms with Gasteiger partial charge in [-0.05, 0) is 39.2 Å². The van der Waals surface area contributed by atoms with Gasteiger partial charge in [0.1, 0.15) is 0 Å². The van der Waals surface area contributed by atoms with E-state index in [0.29, 0.717) is 5.91 Å². The maximum Gasteiger partial charge on any atom is 0.239 e. The number of likely N-dealkylation sites (tertiary alicyclic amines) is 1. The molecular weight excluding hydrogens is 314 g/mol. The zero-order valence-electron chi connectivity index (χ0n) is 15.9. The van der Waals surface area contributed by atoms with Gasteiger partial charge >= 0.3 is 0 Å². The van der Waals surface area contributed by atoms with Crippen LogP contribution in [-0.4, -0.2) is 71.0 Å². The van der Waals surface area contributed by atoms with E-state index in [1.165, 1.54) is 12.8 Å². The number of hydrogen-bond acceptors (Lipinski definition) is 5. The summed E-state index contributed by atoms with van der Waals surface area (Å²) in [6.07, 6.45) is 6.71. The second kappa shape index (κ2) is 8.13. The highest BCUT2D eigenvalue weighted by Gasteiger charge is 2.29. The van der Waals surface area contributed by atoms with Crippen molar-refractivity contribution in [3.63, 3.8) is 0 Å². The highest BCUT2D eigenvalue weighted by atomic mass is 16.2. The second-order valence-corrected chi connectivity index (χ2v) is 7.38. The van der Waals surface area contributed by atoms with Gasteiger partial charge in [-0.25, -0.2) is 9.97 Å². The van der Waals surface area contributed by atoms with E-state index in [4.69, 9.17) is 0 Å². The lowest BCUT2D eigenvalue weighted by atomic mass is 10.2. The lowest BCUT2D eigenvalue weighted by Gasteiger charge is -2.39. The zero-order valence-corrected chi connectivity index (χ0v) is 15.9. The molecule has 1 amide bonds. The van der Waals surface area contributed by atoms with Crippen molar-refractivity contribution in [2.75, 3.05) is 44.2 Å². The van der Waals surface area contributed by atoms with Gasteiger partial charge in [0.2, 0.25) is 11.9 Å². The Hall–Kier alpha value is -1.69. The van der Waals surface area contributed by atoms with Crippen LogP contribution < -0.4 is 4.90 Å². The Balaban J connectivity index is 1.55. The van der Waals surface area contributed by atoms with Gasteiger partial charge in [-0.3, -0.25) is 9.69 Å². The van der Waals surface area contributed by atoms with Crippen molar-refractivity contribution in [3.8, 4) is 0 Å². The molecule has 2 saturated heterocycles. The first-order valence-electron chi connectivity index (χ1n) is 9.64. The van der Waals surface area contributed by atoms with Crippen molar-refractivity contribution in [1.29, 1.82) is 0 Å². The van der Waals surface area contributed by atoms with Crippen molar-refractivity contribution in [2.45, 2.75) is 52.5 Å². The third-order valence-electron chi connectivity index (χ3n) is 5.63. The molecule has 0 spiro atoms. The molecule has 2 aliphatic heterocycles. The molecule has 1 aromatic heterocycles. The van der Waals surface area contributed by atoms with Crippen molar-refractivity contribution in [2.24, 2.45) is 0 Å². The smallest absolute Gasteiger partial charge is 0.239 e. The van der Waals surface area contributed by atoms with Gasteiger partial charge in [-0.15, -0.1) is 0 Å². The number of nitrogens with zero attached hydrogens (tertiary/aromatic N) is 5. The molecule has 6 heteroatoms. The van der Waals surface area contributed by atoms with Crippen LogP contribution in [0.15, 0.2) is 6.20 Å². The Bertz CT molecular complexity index is 589. The van der Waals surface area contributed by atoms with Crippen LogP contribution in [0, 0.1) is 13.8 Å². The first-order chi connectivity index (χ1) is 12.1. The van der Waals surface area contributed by atoms with Crippen molar-refractivity contribution in [1.82, 2.24) is 19.8 Å². The lowest BCUT2D eigenvalue weighted by molar-refractivity contribution is -0.136. The molecule has 2 aliphatic rings. The van der Waals surface area contributed by atoms with Gasteiger partial charge in [0.15, 0.2) is 0 Å². The molecule has 1 aromatic rings. The van der Waals surface area contributed by atoms with E-state index in [0.717, 1.165) is 69.3 Å². The number of aromatic nitrogens is 2. The molecule has 0 bridgehead atoms.